The maximum absolute atomic E-state index is 12.5. The highest BCUT2D eigenvalue weighted by Crippen LogP contribution is 2.22. The lowest BCUT2D eigenvalue weighted by Gasteiger charge is -2.25. The highest BCUT2D eigenvalue weighted by atomic mass is 35.5. The lowest BCUT2D eigenvalue weighted by Crippen LogP contribution is -2.29. The Bertz CT molecular complexity index is 689. The van der Waals surface area contributed by atoms with E-state index < -0.39 is 0 Å². The molecule has 0 saturated carbocycles. The van der Waals surface area contributed by atoms with E-state index in [9.17, 15) is 4.79 Å². The van der Waals surface area contributed by atoms with Crippen molar-refractivity contribution < 1.29 is 4.79 Å². The average molecular weight is 299 g/mol. The zero-order valence-electron chi connectivity index (χ0n) is 11.9. The molecule has 0 heterocycles. The van der Waals surface area contributed by atoms with Gasteiger partial charge in [0.05, 0.1) is 17.7 Å². The van der Waals surface area contributed by atoms with Crippen molar-refractivity contribution in [2.75, 3.05) is 7.05 Å². The largest absolute Gasteiger partial charge is 0.335 e. The van der Waals surface area contributed by atoms with Crippen LogP contribution in [-0.2, 0) is 0 Å². The van der Waals surface area contributed by atoms with Gasteiger partial charge in [-0.2, -0.15) is 5.26 Å². The van der Waals surface area contributed by atoms with Crippen molar-refractivity contribution in [3.8, 4) is 6.07 Å². The van der Waals surface area contributed by atoms with Gasteiger partial charge in [0.1, 0.15) is 0 Å². The van der Waals surface area contributed by atoms with Crippen LogP contribution < -0.4 is 0 Å². The number of hydrogen-bond acceptors (Lipinski definition) is 2. The Kier molecular flexibility index (Phi) is 4.62. The van der Waals surface area contributed by atoms with E-state index in [1.165, 1.54) is 0 Å². The first kappa shape index (κ1) is 15.1. The molecule has 3 nitrogen and oxygen atoms in total. The van der Waals surface area contributed by atoms with E-state index in [4.69, 9.17) is 16.9 Å². The maximum atomic E-state index is 12.5. The van der Waals surface area contributed by atoms with Gasteiger partial charge < -0.3 is 4.90 Å². The van der Waals surface area contributed by atoms with Gasteiger partial charge in [0.25, 0.3) is 5.91 Å². The van der Waals surface area contributed by atoms with E-state index >= 15 is 0 Å². The van der Waals surface area contributed by atoms with Crippen LogP contribution in [0.4, 0.5) is 0 Å². The summed E-state index contributed by atoms with van der Waals surface area (Å²) in [6.45, 7) is 1.95. The van der Waals surface area contributed by atoms with E-state index in [2.05, 4.69) is 0 Å². The third-order valence-corrected chi connectivity index (χ3v) is 3.74. The first-order valence-electron chi connectivity index (χ1n) is 6.55. The minimum absolute atomic E-state index is 0.0829. The summed E-state index contributed by atoms with van der Waals surface area (Å²) in [5, 5.41) is 9.58. The second kappa shape index (κ2) is 6.43. The molecule has 2 aromatic carbocycles. The Labute approximate surface area is 129 Å². The van der Waals surface area contributed by atoms with Crippen LogP contribution in [0.25, 0.3) is 0 Å². The molecule has 4 heteroatoms. The highest BCUT2D eigenvalue weighted by molar-refractivity contribution is 6.30. The lowest BCUT2D eigenvalue weighted by molar-refractivity contribution is 0.0742. The molecule has 1 atom stereocenters. The number of rotatable bonds is 3. The number of carbonyl (C=O) groups excluding carboxylic acids is 1. The summed E-state index contributed by atoms with van der Waals surface area (Å²) in [7, 11) is 1.75. The molecule has 2 rings (SSSR count). The second-order valence-corrected chi connectivity index (χ2v) is 5.27. The molecule has 0 radical (unpaired) electrons. The minimum Gasteiger partial charge on any atom is -0.335 e. The summed E-state index contributed by atoms with van der Waals surface area (Å²) in [4.78, 5) is 14.1. The number of benzene rings is 2. The fourth-order valence-electron chi connectivity index (χ4n) is 2.07. The molecule has 0 bridgehead atoms. The highest BCUT2D eigenvalue weighted by Gasteiger charge is 2.19. The molecule has 21 heavy (non-hydrogen) atoms. The van der Waals surface area contributed by atoms with Crippen LogP contribution in [0.5, 0.6) is 0 Å². The quantitative estimate of drug-likeness (QED) is 0.858. The maximum Gasteiger partial charge on any atom is 0.254 e. The Balaban J connectivity index is 2.22. The van der Waals surface area contributed by atoms with Gasteiger partial charge in [-0.25, -0.2) is 0 Å². The number of carbonyl (C=O) groups is 1. The zero-order chi connectivity index (χ0) is 15.4. The molecule has 106 valence electrons. The summed E-state index contributed by atoms with van der Waals surface area (Å²) in [6.07, 6.45) is 0. The van der Waals surface area contributed by atoms with Gasteiger partial charge in [-0.3, -0.25) is 4.79 Å². The minimum atomic E-state index is -0.116. The Hall–Kier alpha value is -2.31. The zero-order valence-corrected chi connectivity index (χ0v) is 12.6. The van der Waals surface area contributed by atoms with Gasteiger partial charge in [0, 0.05) is 17.6 Å². The molecule has 0 aliphatic heterocycles. The van der Waals surface area contributed by atoms with Gasteiger partial charge in [0.2, 0.25) is 0 Å². The molecular weight excluding hydrogens is 284 g/mol. The molecular formula is C17H15ClN2O. The van der Waals surface area contributed by atoms with Crippen LogP contribution >= 0.6 is 11.6 Å². The molecule has 1 unspecified atom stereocenters. The smallest absolute Gasteiger partial charge is 0.254 e. The standard InChI is InChI=1S/C17H15ClN2O/c1-12(14-6-8-16(18)9-7-14)20(2)17(21)15-5-3-4-13(10-15)11-19/h3-10,12H,1-2H3. The summed E-state index contributed by atoms with van der Waals surface area (Å²) in [5.74, 6) is -0.116. The topological polar surface area (TPSA) is 44.1 Å². The van der Waals surface area contributed by atoms with Crippen LogP contribution in [0, 0.1) is 11.3 Å². The van der Waals surface area contributed by atoms with Gasteiger partial charge in [-0.05, 0) is 42.8 Å². The number of amides is 1. The molecule has 1 amide bonds. The lowest BCUT2D eigenvalue weighted by atomic mass is 10.1. The monoisotopic (exact) mass is 298 g/mol. The third-order valence-electron chi connectivity index (χ3n) is 3.49. The molecule has 0 spiro atoms. The van der Waals surface area contributed by atoms with Crippen LogP contribution in [0.2, 0.25) is 5.02 Å². The van der Waals surface area contributed by atoms with E-state index in [0.29, 0.717) is 16.1 Å². The number of nitriles is 1. The van der Waals surface area contributed by atoms with Crippen molar-refractivity contribution in [2.45, 2.75) is 13.0 Å². The Morgan fingerprint density at radius 2 is 1.90 bits per heavy atom. The van der Waals surface area contributed by atoms with Gasteiger partial charge >= 0.3 is 0 Å². The van der Waals surface area contributed by atoms with Crippen LogP contribution in [0.3, 0.4) is 0 Å². The van der Waals surface area contributed by atoms with Crippen molar-refractivity contribution in [1.82, 2.24) is 4.90 Å². The van der Waals surface area contributed by atoms with E-state index in [-0.39, 0.29) is 11.9 Å². The van der Waals surface area contributed by atoms with E-state index in [1.807, 2.05) is 37.3 Å². The molecule has 0 N–H and O–H groups in total. The Morgan fingerprint density at radius 1 is 1.24 bits per heavy atom. The number of hydrogen-bond donors (Lipinski definition) is 0. The van der Waals surface area contributed by atoms with Crippen LogP contribution in [0.15, 0.2) is 48.5 Å². The SMILES string of the molecule is CC(c1ccc(Cl)cc1)N(C)C(=O)c1cccc(C#N)c1. The summed E-state index contributed by atoms with van der Waals surface area (Å²) in [5.41, 5.74) is 2.00. The summed E-state index contributed by atoms with van der Waals surface area (Å²) in [6, 6.07) is 16.1. The van der Waals surface area contributed by atoms with Gasteiger partial charge in [-0.1, -0.05) is 29.8 Å². The fraction of sp³-hybridized carbons (Fsp3) is 0.176. The summed E-state index contributed by atoms with van der Waals surface area (Å²) < 4.78 is 0. The predicted octanol–water partition coefficient (Wildman–Crippen LogP) is 4.04. The molecule has 0 saturated heterocycles. The normalized spacial score (nSPS) is 11.5. The number of halogens is 1. The van der Waals surface area contributed by atoms with Gasteiger partial charge in [0.15, 0.2) is 0 Å². The molecule has 0 aromatic heterocycles. The van der Waals surface area contributed by atoms with E-state index in [0.717, 1.165) is 5.56 Å². The first-order valence-corrected chi connectivity index (χ1v) is 6.93. The van der Waals surface area contributed by atoms with Crippen LogP contribution in [-0.4, -0.2) is 17.9 Å². The van der Waals surface area contributed by atoms with E-state index in [1.54, 1.807) is 36.2 Å². The van der Waals surface area contributed by atoms with Crippen molar-refractivity contribution in [3.05, 3.63) is 70.2 Å². The molecule has 2 aromatic rings. The molecule has 0 fully saturated rings. The predicted molar refractivity (Wildman–Crippen MR) is 83.1 cm³/mol. The van der Waals surface area contributed by atoms with Crippen molar-refractivity contribution in [1.29, 1.82) is 5.26 Å². The first-order chi connectivity index (χ1) is 10.0. The fourth-order valence-corrected chi connectivity index (χ4v) is 2.19. The third kappa shape index (κ3) is 3.42. The van der Waals surface area contributed by atoms with Crippen molar-refractivity contribution in [3.63, 3.8) is 0 Å². The number of nitrogens with zero attached hydrogens (tertiary/aromatic N) is 2. The van der Waals surface area contributed by atoms with Crippen LogP contribution in [0.1, 0.15) is 34.5 Å². The summed E-state index contributed by atoms with van der Waals surface area (Å²) >= 11 is 5.88. The Morgan fingerprint density at radius 3 is 2.52 bits per heavy atom. The van der Waals surface area contributed by atoms with Crippen molar-refractivity contribution in [2.24, 2.45) is 0 Å². The van der Waals surface area contributed by atoms with Crippen molar-refractivity contribution >= 4 is 17.5 Å². The second-order valence-electron chi connectivity index (χ2n) is 4.84. The molecule has 0 aliphatic rings. The van der Waals surface area contributed by atoms with Gasteiger partial charge in [-0.15, -0.1) is 0 Å². The molecule has 0 aliphatic carbocycles. The average Bonchev–Trinajstić information content (AvgIpc) is 2.53.